The smallest absolute Gasteiger partial charge is 0.268 e. The fourth-order valence-electron chi connectivity index (χ4n) is 7.14. The van der Waals surface area contributed by atoms with Crippen LogP contribution in [0.2, 0.25) is 0 Å². The summed E-state index contributed by atoms with van der Waals surface area (Å²) in [7, 11) is 1.26. The zero-order valence-electron chi connectivity index (χ0n) is 37.9. The molecule has 9 heteroatoms. The highest BCUT2D eigenvalue weighted by Crippen LogP contribution is 2.38. The van der Waals surface area contributed by atoms with Crippen molar-refractivity contribution in [3.05, 3.63) is 12.2 Å². The molecule has 0 aromatic heterocycles. The normalized spacial score (nSPS) is 14.3. The van der Waals surface area contributed by atoms with Crippen molar-refractivity contribution in [1.29, 1.82) is 0 Å². The van der Waals surface area contributed by atoms with Crippen LogP contribution in [0.4, 0.5) is 0 Å². The minimum atomic E-state index is -4.56. The number of carbonyl (C=O) groups is 1. The van der Waals surface area contributed by atoms with Crippen LogP contribution in [0, 0.1) is 0 Å². The SMILES string of the molecule is CCCC/C=C/C(O)C(COP(=O)([O-])OCC[N+](C)(C)C)NC(=O)CCCCCCCCCCCCCCCCCCCCCCCCCCCCCCCC. The topological polar surface area (TPSA) is 108 Å². The van der Waals surface area contributed by atoms with Gasteiger partial charge in [0.25, 0.3) is 7.82 Å². The number of rotatable bonds is 44. The molecule has 0 fully saturated rings. The standard InChI is InChI=1S/C47H95N2O6P/c1-6-8-10-12-13-14-15-16-17-18-19-20-21-22-23-24-25-26-27-28-29-30-31-32-33-34-35-36-37-39-41-47(51)48-45(46(50)40-38-11-9-7-2)44-55-56(52,53)54-43-42-49(3,4)5/h38,40,45-46,50H,6-37,39,41-44H2,1-5H3,(H-,48,51,52,53)/b40-38+. The fourth-order valence-corrected chi connectivity index (χ4v) is 7.86. The van der Waals surface area contributed by atoms with E-state index in [9.17, 15) is 19.4 Å². The predicted octanol–water partition coefficient (Wildman–Crippen LogP) is 12.9. The summed E-state index contributed by atoms with van der Waals surface area (Å²) in [5.41, 5.74) is 0. The number of unbranched alkanes of at least 4 members (excludes halogenated alkanes) is 31. The van der Waals surface area contributed by atoms with E-state index in [1.807, 2.05) is 27.2 Å². The van der Waals surface area contributed by atoms with Crippen molar-refractivity contribution in [1.82, 2.24) is 5.32 Å². The van der Waals surface area contributed by atoms with Crippen LogP contribution in [0.3, 0.4) is 0 Å². The molecule has 8 nitrogen and oxygen atoms in total. The molecular formula is C47H95N2O6P. The van der Waals surface area contributed by atoms with Crippen molar-refractivity contribution in [2.75, 3.05) is 40.9 Å². The number of amides is 1. The lowest BCUT2D eigenvalue weighted by Gasteiger charge is -2.29. The molecule has 2 N–H and O–H groups in total. The van der Waals surface area contributed by atoms with Crippen molar-refractivity contribution >= 4 is 13.7 Å². The molecule has 0 saturated carbocycles. The summed E-state index contributed by atoms with van der Waals surface area (Å²) in [4.78, 5) is 25.0. The molecule has 0 rings (SSSR count). The first-order valence-electron chi connectivity index (χ1n) is 24.1. The van der Waals surface area contributed by atoms with Crippen LogP contribution >= 0.6 is 7.82 Å². The highest BCUT2D eigenvalue weighted by molar-refractivity contribution is 7.45. The van der Waals surface area contributed by atoms with Gasteiger partial charge in [-0.1, -0.05) is 225 Å². The molecule has 0 aliphatic rings. The Hall–Kier alpha value is -0.760. The maximum absolute atomic E-state index is 12.7. The lowest BCUT2D eigenvalue weighted by molar-refractivity contribution is -0.870. The first-order valence-corrected chi connectivity index (χ1v) is 25.5. The summed E-state index contributed by atoms with van der Waals surface area (Å²) in [5, 5.41) is 13.5. The summed E-state index contributed by atoms with van der Waals surface area (Å²) < 4.78 is 22.9. The van der Waals surface area contributed by atoms with Gasteiger partial charge in [-0.05, 0) is 12.8 Å². The Balaban J connectivity index is 3.76. The number of phosphoric ester groups is 1. The second kappa shape index (κ2) is 39.7. The highest BCUT2D eigenvalue weighted by atomic mass is 31.2. The predicted molar refractivity (Wildman–Crippen MR) is 238 cm³/mol. The molecule has 0 radical (unpaired) electrons. The van der Waals surface area contributed by atoms with Gasteiger partial charge in [0.05, 0.1) is 39.9 Å². The van der Waals surface area contributed by atoms with Crippen molar-refractivity contribution in [2.45, 2.75) is 244 Å². The van der Waals surface area contributed by atoms with E-state index >= 15 is 0 Å². The van der Waals surface area contributed by atoms with Gasteiger partial charge in [0.15, 0.2) is 0 Å². The van der Waals surface area contributed by atoms with Crippen LogP contribution in [-0.4, -0.2) is 68.5 Å². The van der Waals surface area contributed by atoms with E-state index in [-0.39, 0.29) is 19.1 Å². The Kier molecular flexibility index (Phi) is 39.1. The van der Waals surface area contributed by atoms with E-state index in [0.29, 0.717) is 17.4 Å². The van der Waals surface area contributed by atoms with Crippen molar-refractivity contribution < 1.29 is 32.9 Å². The van der Waals surface area contributed by atoms with Gasteiger partial charge in [-0.2, -0.15) is 0 Å². The van der Waals surface area contributed by atoms with Crippen molar-refractivity contribution in [3.63, 3.8) is 0 Å². The van der Waals surface area contributed by atoms with Crippen LogP contribution in [-0.2, 0) is 18.4 Å². The minimum Gasteiger partial charge on any atom is -0.756 e. The van der Waals surface area contributed by atoms with Gasteiger partial charge in [0.2, 0.25) is 5.91 Å². The third-order valence-electron chi connectivity index (χ3n) is 11.0. The molecule has 0 aliphatic carbocycles. The van der Waals surface area contributed by atoms with E-state index in [2.05, 4.69) is 19.2 Å². The monoisotopic (exact) mass is 815 g/mol. The minimum absolute atomic E-state index is 0.000459. The Bertz CT molecular complexity index is 927. The number of aliphatic hydroxyl groups is 1. The van der Waals surface area contributed by atoms with Gasteiger partial charge in [-0.15, -0.1) is 0 Å². The van der Waals surface area contributed by atoms with Gasteiger partial charge in [0, 0.05) is 6.42 Å². The molecular weight excluding hydrogens is 719 g/mol. The summed E-state index contributed by atoms with van der Waals surface area (Å²) in [6.45, 7) is 4.51. The average Bonchev–Trinajstić information content (AvgIpc) is 3.15. The van der Waals surface area contributed by atoms with Crippen LogP contribution in [0.5, 0.6) is 0 Å². The lowest BCUT2D eigenvalue weighted by Crippen LogP contribution is -2.45. The van der Waals surface area contributed by atoms with E-state index in [4.69, 9.17) is 9.05 Å². The number of nitrogens with one attached hydrogen (secondary N) is 1. The second-order valence-corrected chi connectivity index (χ2v) is 19.2. The Morgan fingerprint density at radius 1 is 0.607 bits per heavy atom. The van der Waals surface area contributed by atoms with E-state index in [1.165, 1.54) is 173 Å². The van der Waals surface area contributed by atoms with Crippen LogP contribution < -0.4 is 10.2 Å². The van der Waals surface area contributed by atoms with Gasteiger partial charge in [-0.25, -0.2) is 0 Å². The average molecular weight is 815 g/mol. The van der Waals surface area contributed by atoms with Crippen LogP contribution in [0.15, 0.2) is 12.2 Å². The first-order chi connectivity index (χ1) is 27.0. The number of phosphoric acid groups is 1. The molecule has 0 saturated heterocycles. The number of hydrogen-bond acceptors (Lipinski definition) is 6. The maximum atomic E-state index is 12.7. The number of nitrogens with zero attached hydrogens (tertiary/aromatic N) is 1. The molecule has 0 aromatic carbocycles. The zero-order chi connectivity index (χ0) is 41.4. The molecule has 0 aliphatic heterocycles. The summed E-state index contributed by atoms with van der Waals surface area (Å²) >= 11 is 0. The summed E-state index contributed by atoms with van der Waals surface area (Å²) in [5.74, 6) is -0.202. The number of quaternary nitrogens is 1. The summed E-state index contributed by atoms with van der Waals surface area (Å²) in [6, 6.07) is -0.877. The maximum Gasteiger partial charge on any atom is 0.268 e. The number of carbonyl (C=O) groups excluding carboxylic acids is 1. The van der Waals surface area contributed by atoms with Crippen molar-refractivity contribution in [2.24, 2.45) is 0 Å². The van der Waals surface area contributed by atoms with E-state index < -0.39 is 20.0 Å². The Morgan fingerprint density at radius 3 is 1.32 bits per heavy atom. The second-order valence-electron chi connectivity index (χ2n) is 17.8. The molecule has 1 amide bonds. The van der Waals surface area contributed by atoms with Gasteiger partial charge >= 0.3 is 0 Å². The van der Waals surface area contributed by atoms with E-state index in [0.717, 1.165) is 38.5 Å². The third-order valence-corrected chi connectivity index (χ3v) is 12.0. The summed E-state index contributed by atoms with van der Waals surface area (Å²) in [6.07, 6.45) is 46.5. The third kappa shape index (κ3) is 41.4. The molecule has 3 atom stereocenters. The molecule has 0 bridgehead atoms. The number of aliphatic hydroxyl groups excluding tert-OH is 1. The van der Waals surface area contributed by atoms with Crippen LogP contribution in [0.1, 0.15) is 232 Å². The van der Waals surface area contributed by atoms with Crippen molar-refractivity contribution in [3.8, 4) is 0 Å². The molecule has 334 valence electrons. The molecule has 0 spiro atoms. The molecule has 56 heavy (non-hydrogen) atoms. The van der Waals surface area contributed by atoms with Crippen LogP contribution in [0.25, 0.3) is 0 Å². The number of hydrogen-bond donors (Lipinski definition) is 2. The zero-order valence-corrected chi connectivity index (χ0v) is 38.7. The van der Waals surface area contributed by atoms with Gasteiger partial charge in [0.1, 0.15) is 13.2 Å². The number of allylic oxidation sites excluding steroid dienone is 1. The fraction of sp³-hybridized carbons (Fsp3) is 0.936. The highest BCUT2D eigenvalue weighted by Gasteiger charge is 2.23. The Morgan fingerprint density at radius 2 is 0.964 bits per heavy atom. The largest absolute Gasteiger partial charge is 0.756 e. The van der Waals surface area contributed by atoms with E-state index in [1.54, 1.807) is 6.08 Å². The molecule has 0 heterocycles. The van der Waals surface area contributed by atoms with Gasteiger partial charge in [-0.3, -0.25) is 9.36 Å². The van der Waals surface area contributed by atoms with Gasteiger partial charge < -0.3 is 28.8 Å². The lowest BCUT2D eigenvalue weighted by atomic mass is 10.0. The molecule has 3 unspecified atom stereocenters. The number of likely N-dealkylation sites (N-methyl/N-ethyl adjacent to an activating group) is 1. The quantitative estimate of drug-likeness (QED) is 0.0274. The first kappa shape index (κ1) is 55.2. The molecule has 0 aromatic rings. The Labute approximate surface area is 348 Å².